The van der Waals surface area contributed by atoms with Gasteiger partial charge in [-0.1, -0.05) is 30.3 Å². The van der Waals surface area contributed by atoms with Gasteiger partial charge in [-0.15, -0.1) is 0 Å². The van der Waals surface area contributed by atoms with Crippen LogP contribution in [-0.4, -0.2) is 23.8 Å². The summed E-state index contributed by atoms with van der Waals surface area (Å²) in [5, 5.41) is 5.10. The van der Waals surface area contributed by atoms with Gasteiger partial charge in [0.15, 0.2) is 0 Å². The van der Waals surface area contributed by atoms with Gasteiger partial charge in [-0.25, -0.2) is 5.43 Å². The predicted molar refractivity (Wildman–Crippen MR) is 90.7 cm³/mol. The first-order valence-corrected chi connectivity index (χ1v) is 7.27. The fraction of sp³-hybridized carbons (Fsp3) is 0.111. The number of hydrogen-bond donors (Lipinski definition) is 1. The maximum Gasteiger partial charge on any atom is 0.259 e. The van der Waals surface area contributed by atoms with Crippen molar-refractivity contribution in [1.29, 1.82) is 0 Å². The molecule has 0 spiro atoms. The molecule has 0 radical (unpaired) electrons. The second kappa shape index (κ2) is 6.79. The average Bonchev–Trinajstić information content (AvgIpc) is 2.98. The Labute approximate surface area is 134 Å². The molecule has 3 rings (SSSR count). The molecule has 1 amide bonds. The zero-order valence-electron chi connectivity index (χ0n) is 12.8. The molecule has 1 heterocycles. The fourth-order valence-electron chi connectivity index (χ4n) is 2.42. The van der Waals surface area contributed by atoms with Crippen LogP contribution in [0.15, 0.2) is 65.9 Å². The molecule has 1 aromatic heterocycles. The van der Waals surface area contributed by atoms with Crippen LogP contribution in [0.4, 0.5) is 0 Å². The minimum atomic E-state index is -0.183. The van der Waals surface area contributed by atoms with Gasteiger partial charge in [0.1, 0.15) is 12.3 Å². The highest BCUT2D eigenvalue weighted by atomic mass is 16.5. The summed E-state index contributed by atoms with van der Waals surface area (Å²) in [6.45, 7) is 0.219. The number of hydrazone groups is 1. The second-order valence-corrected chi connectivity index (χ2v) is 5.04. The van der Waals surface area contributed by atoms with Gasteiger partial charge in [-0.2, -0.15) is 5.10 Å². The summed E-state index contributed by atoms with van der Waals surface area (Å²) >= 11 is 0. The zero-order valence-corrected chi connectivity index (χ0v) is 12.8. The van der Waals surface area contributed by atoms with Crippen molar-refractivity contribution in [3.05, 3.63) is 66.4 Å². The molecule has 0 aliphatic heterocycles. The van der Waals surface area contributed by atoms with Crippen molar-refractivity contribution in [3.8, 4) is 5.75 Å². The van der Waals surface area contributed by atoms with Crippen LogP contribution in [0.2, 0.25) is 0 Å². The van der Waals surface area contributed by atoms with Crippen LogP contribution < -0.4 is 10.2 Å². The van der Waals surface area contributed by atoms with Gasteiger partial charge in [-0.3, -0.25) is 4.79 Å². The van der Waals surface area contributed by atoms with E-state index in [1.165, 1.54) is 0 Å². The zero-order chi connectivity index (χ0) is 16.1. The molecule has 2 aromatic carbocycles. The van der Waals surface area contributed by atoms with E-state index in [9.17, 15) is 4.79 Å². The lowest BCUT2D eigenvalue weighted by Gasteiger charge is -2.05. The molecule has 0 saturated heterocycles. The minimum Gasteiger partial charge on any atom is -0.496 e. The van der Waals surface area contributed by atoms with Crippen molar-refractivity contribution in [3.63, 3.8) is 0 Å². The van der Waals surface area contributed by atoms with E-state index in [-0.39, 0.29) is 12.5 Å². The molecule has 1 N–H and O–H groups in total. The third kappa shape index (κ3) is 3.40. The van der Waals surface area contributed by atoms with Gasteiger partial charge in [0.25, 0.3) is 5.91 Å². The highest BCUT2D eigenvalue weighted by molar-refractivity contribution is 5.86. The lowest BCUT2D eigenvalue weighted by Crippen LogP contribution is -2.22. The molecule has 23 heavy (non-hydrogen) atoms. The van der Waals surface area contributed by atoms with E-state index in [2.05, 4.69) is 10.5 Å². The van der Waals surface area contributed by atoms with Gasteiger partial charge >= 0.3 is 0 Å². The Balaban J connectivity index is 1.65. The first kappa shape index (κ1) is 14.8. The topological polar surface area (TPSA) is 55.6 Å². The number of rotatable bonds is 5. The third-order valence-corrected chi connectivity index (χ3v) is 3.53. The normalized spacial score (nSPS) is 11.0. The standard InChI is InChI=1S/C18H17N3O2/c1-23-17-9-5-3-7-15(17)12-19-20-18(22)13-21-11-10-14-6-2-4-8-16(14)21/h2-12H,13H2,1H3,(H,20,22)/b19-12+. The van der Waals surface area contributed by atoms with Crippen molar-refractivity contribution in [1.82, 2.24) is 9.99 Å². The first-order valence-electron chi connectivity index (χ1n) is 7.27. The SMILES string of the molecule is COc1ccccc1/C=N/NC(=O)Cn1ccc2ccccc21. The summed E-state index contributed by atoms with van der Waals surface area (Å²) in [5.41, 5.74) is 4.37. The Kier molecular flexibility index (Phi) is 4.38. The van der Waals surface area contributed by atoms with Gasteiger partial charge in [0.2, 0.25) is 0 Å². The van der Waals surface area contributed by atoms with Gasteiger partial charge in [0.05, 0.1) is 13.3 Å². The monoisotopic (exact) mass is 307 g/mol. The number of benzene rings is 2. The lowest BCUT2D eigenvalue weighted by atomic mass is 10.2. The van der Waals surface area contributed by atoms with Crippen LogP contribution in [-0.2, 0) is 11.3 Å². The molecular formula is C18H17N3O2. The van der Waals surface area contributed by atoms with E-state index in [1.807, 2.05) is 65.4 Å². The molecule has 116 valence electrons. The third-order valence-electron chi connectivity index (χ3n) is 3.53. The maximum atomic E-state index is 12.0. The summed E-state index contributed by atoms with van der Waals surface area (Å²) in [7, 11) is 1.60. The van der Waals surface area contributed by atoms with Crippen LogP contribution in [0.3, 0.4) is 0 Å². The molecule has 0 atom stereocenters. The Morgan fingerprint density at radius 1 is 1.17 bits per heavy atom. The smallest absolute Gasteiger partial charge is 0.259 e. The largest absolute Gasteiger partial charge is 0.496 e. The van der Waals surface area contributed by atoms with Crippen molar-refractivity contribution in [2.75, 3.05) is 7.11 Å². The lowest BCUT2D eigenvalue weighted by molar-refractivity contribution is -0.121. The van der Waals surface area contributed by atoms with E-state index in [0.717, 1.165) is 16.5 Å². The van der Waals surface area contributed by atoms with Gasteiger partial charge in [-0.05, 0) is 29.7 Å². The van der Waals surface area contributed by atoms with Crippen LogP contribution in [0.25, 0.3) is 10.9 Å². The Morgan fingerprint density at radius 3 is 2.83 bits per heavy atom. The number of carbonyl (C=O) groups excluding carboxylic acids is 1. The number of nitrogens with one attached hydrogen (secondary N) is 1. The number of fused-ring (bicyclic) bond motifs is 1. The Hall–Kier alpha value is -3.08. The van der Waals surface area contributed by atoms with Crippen molar-refractivity contribution >= 4 is 23.0 Å². The molecule has 5 nitrogen and oxygen atoms in total. The number of nitrogens with zero attached hydrogens (tertiary/aromatic N) is 2. The van der Waals surface area contributed by atoms with E-state index >= 15 is 0 Å². The number of amides is 1. The molecule has 0 unspecified atom stereocenters. The van der Waals surface area contributed by atoms with Crippen LogP contribution >= 0.6 is 0 Å². The highest BCUT2D eigenvalue weighted by Crippen LogP contribution is 2.15. The summed E-state index contributed by atoms with van der Waals surface area (Å²) in [6, 6.07) is 17.4. The summed E-state index contributed by atoms with van der Waals surface area (Å²) in [5.74, 6) is 0.527. The van der Waals surface area contributed by atoms with E-state index < -0.39 is 0 Å². The number of para-hydroxylation sites is 2. The van der Waals surface area contributed by atoms with E-state index in [1.54, 1.807) is 13.3 Å². The van der Waals surface area contributed by atoms with Crippen molar-refractivity contribution in [2.24, 2.45) is 5.10 Å². The van der Waals surface area contributed by atoms with Gasteiger partial charge < -0.3 is 9.30 Å². The van der Waals surface area contributed by atoms with Crippen molar-refractivity contribution in [2.45, 2.75) is 6.54 Å². The maximum absolute atomic E-state index is 12.0. The van der Waals surface area contributed by atoms with Crippen molar-refractivity contribution < 1.29 is 9.53 Å². The molecule has 0 aliphatic rings. The predicted octanol–water partition coefficient (Wildman–Crippen LogP) is 2.80. The quantitative estimate of drug-likeness (QED) is 0.582. The molecule has 0 fully saturated rings. The summed E-state index contributed by atoms with van der Waals surface area (Å²) in [4.78, 5) is 12.0. The first-order chi connectivity index (χ1) is 11.3. The summed E-state index contributed by atoms with van der Waals surface area (Å²) < 4.78 is 7.12. The molecule has 0 saturated carbocycles. The number of methoxy groups -OCH3 is 1. The van der Waals surface area contributed by atoms with E-state index in [0.29, 0.717) is 5.75 Å². The van der Waals surface area contributed by atoms with Gasteiger partial charge in [0, 0.05) is 17.3 Å². The Morgan fingerprint density at radius 2 is 1.96 bits per heavy atom. The van der Waals surface area contributed by atoms with Crippen LogP contribution in [0, 0.1) is 0 Å². The Bertz CT molecular complexity index is 852. The number of ether oxygens (including phenoxy) is 1. The molecule has 3 aromatic rings. The van der Waals surface area contributed by atoms with Crippen LogP contribution in [0.5, 0.6) is 5.75 Å². The average molecular weight is 307 g/mol. The minimum absolute atomic E-state index is 0.183. The molecule has 0 aliphatic carbocycles. The number of aromatic nitrogens is 1. The second-order valence-electron chi connectivity index (χ2n) is 5.04. The van der Waals surface area contributed by atoms with E-state index in [4.69, 9.17) is 4.74 Å². The van der Waals surface area contributed by atoms with Crippen LogP contribution in [0.1, 0.15) is 5.56 Å². The number of carbonyl (C=O) groups is 1. The molecule has 0 bridgehead atoms. The molecule has 5 heteroatoms. The molecular weight excluding hydrogens is 290 g/mol. The fourth-order valence-corrected chi connectivity index (χ4v) is 2.42. The highest BCUT2D eigenvalue weighted by Gasteiger charge is 2.05. The summed E-state index contributed by atoms with van der Waals surface area (Å²) in [6.07, 6.45) is 3.47. The number of hydrogen-bond acceptors (Lipinski definition) is 3.